The predicted octanol–water partition coefficient (Wildman–Crippen LogP) is 2.10. The lowest BCUT2D eigenvalue weighted by Gasteiger charge is -2.16. The molecule has 2 heterocycles. The first kappa shape index (κ1) is 19.2. The molecule has 142 valence electrons. The fraction of sp³-hybridized carbons (Fsp3) is 0.529. The summed E-state index contributed by atoms with van der Waals surface area (Å²) in [6, 6.07) is 4.62. The number of halogens is 1. The molecule has 0 spiro atoms. The van der Waals surface area contributed by atoms with E-state index in [1.165, 1.54) is 0 Å². The van der Waals surface area contributed by atoms with E-state index in [1.807, 2.05) is 25.1 Å². The number of rotatable bonds is 6. The Morgan fingerprint density at radius 3 is 2.81 bits per heavy atom. The van der Waals surface area contributed by atoms with Crippen LogP contribution in [0.4, 0.5) is 10.5 Å². The number of amides is 3. The first-order chi connectivity index (χ1) is 12.3. The molecule has 2 saturated heterocycles. The molecule has 0 aromatic heterocycles. The summed E-state index contributed by atoms with van der Waals surface area (Å²) in [4.78, 5) is 23.4. The fourth-order valence-corrected chi connectivity index (χ4v) is 6.10. The highest BCUT2D eigenvalue weighted by atomic mass is 79.9. The summed E-state index contributed by atoms with van der Waals surface area (Å²) in [6.07, 6.45) is 2.01. The first-order valence-electron chi connectivity index (χ1n) is 8.61. The molecule has 9 heteroatoms. The van der Waals surface area contributed by atoms with E-state index in [0.717, 1.165) is 15.7 Å². The second kappa shape index (κ2) is 7.56. The normalized spacial score (nSPS) is 26.1. The number of urea groups is 1. The molecule has 7 nitrogen and oxygen atoms in total. The van der Waals surface area contributed by atoms with Crippen LogP contribution in [0.15, 0.2) is 22.7 Å². The predicted molar refractivity (Wildman–Crippen MR) is 103 cm³/mol. The number of hydrogen-bond acceptors (Lipinski definition) is 4. The number of hydrogen-bond donors (Lipinski definition) is 3. The van der Waals surface area contributed by atoms with Crippen molar-refractivity contribution in [3.8, 4) is 0 Å². The first-order valence-corrected chi connectivity index (χ1v) is 11.1. The van der Waals surface area contributed by atoms with Crippen molar-refractivity contribution in [2.24, 2.45) is 0 Å². The van der Waals surface area contributed by atoms with E-state index in [0.29, 0.717) is 25.7 Å². The Hall–Kier alpha value is -1.61. The van der Waals surface area contributed by atoms with Crippen molar-refractivity contribution in [2.75, 3.05) is 11.1 Å². The van der Waals surface area contributed by atoms with E-state index in [2.05, 4.69) is 31.9 Å². The maximum atomic E-state index is 12.2. The Balaban J connectivity index is 1.45. The molecule has 0 aliphatic carbocycles. The largest absolute Gasteiger partial charge is 0.332 e. The Morgan fingerprint density at radius 1 is 1.31 bits per heavy atom. The molecule has 3 N–H and O–H groups in total. The van der Waals surface area contributed by atoms with Crippen LogP contribution in [0, 0.1) is 6.92 Å². The monoisotopic (exact) mass is 443 g/mol. The molecule has 0 saturated carbocycles. The van der Waals surface area contributed by atoms with Gasteiger partial charge in [-0.15, -0.1) is 0 Å². The molecule has 2 fully saturated rings. The maximum Gasteiger partial charge on any atom is 0.315 e. The molecule has 2 aliphatic heterocycles. The Labute approximate surface area is 161 Å². The van der Waals surface area contributed by atoms with Crippen LogP contribution in [0.3, 0.4) is 0 Å². The van der Waals surface area contributed by atoms with Gasteiger partial charge < -0.3 is 16.0 Å². The Kier molecular flexibility index (Phi) is 5.57. The van der Waals surface area contributed by atoms with E-state index in [9.17, 15) is 18.0 Å². The van der Waals surface area contributed by atoms with Crippen LogP contribution in [-0.2, 0) is 14.6 Å². The van der Waals surface area contributed by atoms with E-state index in [4.69, 9.17) is 0 Å². The van der Waals surface area contributed by atoms with Crippen molar-refractivity contribution in [2.45, 2.75) is 49.9 Å². The van der Waals surface area contributed by atoms with E-state index in [-0.39, 0.29) is 29.8 Å². The van der Waals surface area contributed by atoms with Gasteiger partial charge in [-0.05, 0) is 43.5 Å². The summed E-state index contributed by atoms with van der Waals surface area (Å²) >= 11 is 3.42. The van der Waals surface area contributed by atoms with Crippen LogP contribution in [0.2, 0.25) is 0 Å². The van der Waals surface area contributed by atoms with Gasteiger partial charge in [0.1, 0.15) is 0 Å². The summed E-state index contributed by atoms with van der Waals surface area (Å²) in [5, 5.41) is 7.64. The number of fused-ring (bicyclic) bond motifs is 1. The number of aryl methyl sites for hydroxylation is 1. The molecule has 0 bridgehead atoms. The smallest absolute Gasteiger partial charge is 0.315 e. The van der Waals surface area contributed by atoms with Crippen molar-refractivity contribution in [3.63, 3.8) is 0 Å². The van der Waals surface area contributed by atoms with E-state index < -0.39 is 15.1 Å². The van der Waals surface area contributed by atoms with Crippen molar-refractivity contribution in [3.05, 3.63) is 28.2 Å². The van der Waals surface area contributed by atoms with Gasteiger partial charge in [0.05, 0.1) is 23.1 Å². The second-order valence-corrected chi connectivity index (χ2v) is 9.99. The number of unbranched alkanes of at least 4 members (excludes halogenated alkanes) is 1. The van der Waals surface area contributed by atoms with Gasteiger partial charge in [-0.2, -0.15) is 0 Å². The topological polar surface area (TPSA) is 104 Å². The SMILES string of the molecule is Cc1cc(NC(=O)CCCC[C@@H]2[C@@H]3NC(=O)N[C@@H]3CS2(=O)=O)ccc1Br. The molecular weight excluding hydrogens is 422 g/mol. The Bertz CT molecular complexity index is 827. The highest BCUT2D eigenvalue weighted by molar-refractivity contribution is 9.10. The highest BCUT2D eigenvalue weighted by Gasteiger charge is 2.51. The van der Waals surface area contributed by atoms with Crippen LogP contribution in [0.5, 0.6) is 0 Å². The number of carbonyl (C=O) groups excluding carboxylic acids is 2. The highest BCUT2D eigenvalue weighted by Crippen LogP contribution is 2.28. The lowest BCUT2D eigenvalue weighted by atomic mass is 10.0. The van der Waals surface area contributed by atoms with Crippen LogP contribution in [0.25, 0.3) is 0 Å². The number of anilines is 1. The molecule has 3 rings (SSSR count). The number of sulfone groups is 1. The van der Waals surface area contributed by atoms with E-state index >= 15 is 0 Å². The van der Waals surface area contributed by atoms with Crippen molar-refractivity contribution in [1.82, 2.24) is 10.6 Å². The molecule has 0 radical (unpaired) electrons. The molecule has 1 aromatic rings. The molecule has 1 aromatic carbocycles. The second-order valence-electron chi connectivity index (χ2n) is 6.88. The molecular formula is C17H22BrN3O4S. The maximum absolute atomic E-state index is 12.2. The minimum Gasteiger partial charge on any atom is -0.332 e. The standard InChI is InChI=1S/C17H22BrN3O4S/c1-10-8-11(6-7-12(10)18)19-15(22)5-3-2-4-14-16-13(9-26(14,24)25)20-17(23)21-16/h6-8,13-14,16H,2-5,9H2,1H3,(H,19,22)(H2,20,21,23)/t13-,14-,16-/m1/s1. The lowest BCUT2D eigenvalue weighted by molar-refractivity contribution is -0.116. The molecule has 3 atom stereocenters. The van der Waals surface area contributed by atoms with Gasteiger partial charge in [0.2, 0.25) is 5.91 Å². The third kappa shape index (κ3) is 4.20. The average Bonchev–Trinajstić information content (AvgIpc) is 2.99. The molecule has 2 aliphatic rings. The molecule has 0 unspecified atom stereocenters. The van der Waals surface area contributed by atoms with Crippen LogP contribution in [0.1, 0.15) is 31.2 Å². The fourth-order valence-electron chi connectivity index (χ4n) is 3.58. The van der Waals surface area contributed by atoms with Crippen molar-refractivity contribution >= 4 is 43.4 Å². The van der Waals surface area contributed by atoms with Gasteiger partial charge in [-0.3, -0.25) is 4.79 Å². The van der Waals surface area contributed by atoms with Gasteiger partial charge in [0, 0.05) is 16.6 Å². The number of nitrogens with one attached hydrogen (secondary N) is 3. The zero-order valence-corrected chi connectivity index (χ0v) is 16.8. The third-order valence-electron chi connectivity index (χ3n) is 4.91. The van der Waals surface area contributed by atoms with Crippen LogP contribution >= 0.6 is 15.9 Å². The quantitative estimate of drug-likeness (QED) is 0.462. The summed E-state index contributed by atoms with van der Waals surface area (Å²) < 4.78 is 25.5. The lowest BCUT2D eigenvalue weighted by Crippen LogP contribution is -2.39. The van der Waals surface area contributed by atoms with Crippen LogP contribution in [-0.4, -0.2) is 43.4 Å². The van der Waals surface area contributed by atoms with Gasteiger partial charge in [-0.1, -0.05) is 22.4 Å². The van der Waals surface area contributed by atoms with Gasteiger partial charge in [0.15, 0.2) is 9.84 Å². The van der Waals surface area contributed by atoms with Crippen molar-refractivity contribution in [1.29, 1.82) is 0 Å². The zero-order chi connectivity index (χ0) is 18.9. The molecule has 3 amide bonds. The molecule has 26 heavy (non-hydrogen) atoms. The van der Waals surface area contributed by atoms with Gasteiger partial charge in [0.25, 0.3) is 0 Å². The van der Waals surface area contributed by atoms with Gasteiger partial charge in [-0.25, -0.2) is 13.2 Å². The van der Waals surface area contributed by atoms with Crippen molar-refractivity contribution < 1.29 is 18.0 Å². The average molecular weight is 444 g/mol. The number of benzene rings is 1. The minimum atomic E-state index is -3.21. The Morgan fingerprint density at radius 2 is 2.08 bits per heavy atom. The van der Waals surface area contributed by atoms with Gasteiger partial charge >= 0.3 is 6.03 Å². The zero-order valence-electron chi connectivity index (χ0n) is 14.4. The summed E-state index contributed by atoms with van der Waals surface area (Å²) in [5.41, 5.74) is 1.78. The number of carbonyl (C=O) groups is 2. The summed E-state index contributed by atoms with van der Waals surface area (Å²) in [5.74, 6) is -0.0977. The van der Waals surface area contributed by atoms with E-state index in [1.54, 1.807) is 0 Å². The summed E-state index contributed by atoms with van der Waals surface area (Å²) in [7, 11) is -3.21. The minimum absolute atomic E-state index is 0.00945. The summed E-state index contributed by atoms with van der Waals surface area (Å²) in [6.45, 7) is 1.95. The van der Waals surface area contributed by atoms with Crippen LogP contribution < -0.4 is 16.0 Å². The third-order valence-corrected chi connectivity index (χ3v) is 8.07.